The van der Waals surface area contributed by atoms with Crippen molar-refractivity contribution in [1.82, 2.24) is 25.1 Å². The number of hydrogen-bond donors (Lipinski definition) is 2. The van der Waals surface area contributed by atoms with Gasteiger partial charge in [-0.3, -0.25) is 9.48 Å². The van der Waals surface area contributed by atoms with E-state index in [-0.39, 0.29) is 11.6 Å². The van der Waals surface area contributed by atoms with E-state index in [1.807, 2.05) is 6.92 Å². The number of nitrogens with one attached hydrogen (secondary N) is 2. The summed E-state index contributed by atoms with van der Waals surface area (Å²) in [5.74, 6) is -0.258. The van der Waals surface area contributed by atoms with Crippen LogP contribution in [0.15, 0.2) is 18.7 Å². The molecule has 0 aliphatic carbocycles. The Balaban J connectivity index is 1.89. The molecule has 18 heavy (non-hydrogen) atoms. The van der Waals surface area contributed by atoms with E-state index in [4.69, 9.17) is 11.6 Å². The summed E-state index contributed by atoms with van der Waals surface area (Å²) >= 11 is 5.94. The minimum absolute atomic E-state index is 0.258. The molecule has 0 atom stereocenters. The van der Waals surface area contributed by atoms with Crippen molar-refractivity contribution in [1.29, 1.82) is 0 Å². The smallest absolute Gasteiger partial charge is 0.273 e. The Labute approximate surface area is 109 Å². The molecule has 0 saturated carbocycles. The normalized spacial score (nSPS) is 10.6. The predicted octanol–water partition coefficient (Wildman–Crippen LogP) is 1.25. The van der Waals surface area contributed by atoms with E-state index in [9.17, 15) is 4.79 Å². The molecule has 2 aromatic heterocycles. The first-order valence-electron chi connectivity index (χ1n) is 5.69. The van der Waals surface area contributed by atoms with Crippen molar-refractivity contribution in [3.05, 3.63) is 35.1 Å². The molecule has 6 nitrogen and oxygen atoms in total. The van der Waals surface area contributed by atoms with E-state index in [1.54, 1.807) is 23.4 Å². The van der Waals surface area contributed by atoms with Gasteiger partial charge in [-0.05, 0) is 6.92 Å². The number of carbonyl (C=O) groups is 1. The van der Waals surface area contributed by atoms with Crippen LogP contribution < -0.4 is 5.32 Å². The van der Waals surface area contributed by atoms with Gasteiger partial charge >= 0.3 is 0 Å². The zero-order valence-corrected chi connectivity index (χ0v) is 10.7. The van der Waals surface area contributed by atoms with Gasteiger partial charge in [0.15, 0.2) is 5.69 Å². The van der Waals surface area contributed by atoms with Crippen LogP contribution >= 0.6 is 11.6 Å². The summed E-state index contributed by atoms with van der Waals surface area (Å²) in [6.45, 7) is 3.13. The molecule has 0 spiro atoms. The number of rotatable bonds is 5. The van der Waals surface area contributed by atoms with Crippen LogP contribution in [0.2, 0.25) is 5.02 Å². The number of H-pyrrole nitrogens is 1. The third-order valence-corrected chi connectivity index (χ3v) is 2.77. The summed E-state index contributed by atoms with van der Waals surface area (Å²) in [5.41, 5.74) is 1.24. The predicted molar refractivity (Wildman–Crippen MR) is 67.5 cm³/mol. The lowest BCUT2D eigenvalue weighted by Gasteiger charge is -2.02. The van der Waals surface area contributed by atoms with Crippen molar-refractivity contribution in [2.24, 2.45) is 0 Å². The van der Waals surface area contributed by atoms with E-state index < -0.39 is 0 Å². The molecule has 0 radical (unpaired) electrons. The Bertz CT molecular complexity index is 520. The highest BCUT2D eigenvalue weighted by Crippen LogP contribution is 2.13. The molecular weight excluding hydrogens is 254 g/mol. The summed E-state index contributed by atoms with van der Waals surface area (Å²) in [6, 6.07) is 0. The Morgan fingerprint density at radius 1 is 1.61 bits per heavy atom. The Kier molecular flexibility index (Phi) is 3.99. The molecule has 1 amide bonds. The molecule has 0 aliphatic heterocycles. The second-order valence-electron chi connectivity index (χ2n) is 3.76. The number of imidazole rings is 1. The number of hydrogen-bond acceptors (Lipinski definition) is 3. The Hall–Kier alpha value is -1.82. The molecule has 0 aliphatic rings. The van der Waals surface area contributed by atoms with E-state index in [0.29, 0.717) is 24.5 Å². The van der Waals surface area contributed by atoms with Crippen molar-refractivity contribution >= 4 is 17.5 Å². The van der Waals surface area contributed by atoms with Gasteiger partial charge < -0.3 is 10.3 Å². The van der Waals surface area contributed by atoms with Gasteiger partial charge in [-0.25, -0.2) is 4.98 Å². The molecule has 96 valence electrons. The fraction of sp³-hybridized carbons (Fsp3) is 0.364. The number of aromatic amines is 1. The first kappa shape index (κ1) is 12.6. The first-order chi connectivity index (χ1) is 8.70. The van der Waals surface area contributed by atoms with Gasteiger partial charge in [0.2, 0.25) is 0 Å². The highest BCUT2D eigenvalue weighted by atomic mass is 35.5. The van der Waals surface area contributed by atoms with Crippen molar-refractivity contribution in [3.63, 3.8) is 0 Å². The number of aryl methyl sites for hydroxylation is 1. The van der Waals surface area contributed by atoms with Crippen LogP contribution in [0.1, 0.15) is 23.1 Å². The summed E-state index contributed by atoms with van der Waals surface area (Å²) < 4.78 is 1.63. The quantitative estimate of drug-likeness (QED) is 0.856. The summed E-state index contributed by atoms with van der Waals surface area (Å²) in [6.07, 6.45) is 5.67. The van der Waals surface area contributed by atoms with Gasteiger partial charge in [0.1, 0.15) is 0 Å². The van der Waals surface area contributed by atoms with Crippen molar-refractivity contribution in [2.45, 2.75) is 19.9 Å². The number of carbonyl (C=O) groups excluding carboxylic acids is 1. The molecule has 2 aromatic rings. The van der Waals surface area contributed by atoms with Crippen molar-refractivity contribution in [3.8, 4) is 0 Å². The highest BCUT2D eigenvalue weighted by molar-refractivity contribution is 6.33. The maximum absolute atomic E-state index is 11.8. The van der Waals surface area contributed by atoms with Crippen LogP contribution in [-0.2, 0) is 13.0 Å². The van der Waals surface area contributed by atoms with Crippen molar-refractivity contribution in [2.75, 3.05) is 6.54 Å². The number of amides is 1. The summed E-state index contributed by atoms with van der Waals surface area (Å²) in [5, 5.41) is 7.24. The standard InChI is InChI=1S/C11H14ClN5O/c1-2-17-6-9(12)10(16-17)11(18)14-4-3-8-5-13-7-15-8/h5-7H,2-4H2,1H3,(H,13,15)(H,14,18). The van der Waals surface area contributed by atoms with Crippen LogP contribution in [0.5, 0.6) is 0 Å². The lowest BCUT2D eigenvalue weighted by molar-refractivity contribution is 0.0948. The third kappa shape index (κ3) is 2.89. The Morgan fingerprint density at radius 2 is 2.44 bits per heavy atom. The molecule has 0 unspecified atom stereocenters. The van der Waals surface area contributed by atoms with E-state index in [1.165, 1.54) is 0 Å². The SMILES string of the molecule is CCn1cc(Cl)c(C(=O)NCCc2cnc[nH]2)n1. The molecule has 7 heteroatoms. The number of nitrogens with zero attached hydrogens (tertiary/aromatic N) is 3. The minimum Gasteiger partial charge on any atom is -0.350 e. The topological polar surface area (TPSA) is 75.6 Å². The van der Waals surface area contributed by atoms with E-state index in [0.717, 1.165) is 5.69 Å². The average Bonchev–Trinajstić information content (AvgIpc) is 2.98. The molecule has 0 saturated heterocycles. The number of halogens is 1. The van der Waals surface area contributed by atoms with Gasteiger partial charge in [0.05, 0.1) is 11.3 Å². The van der Waals surface area contributed by atoms with Gasteiger partial charge in [-0.2, -0.15) is 5.10 Å². The molecule has 2 N–H and O–H groups in total. The average molecular weight is 268 g/mol. The molecular formula is C11H14ClN5O. The molecule has 0 bridgehead atoms. The monoisotopic (exact) mass is 267 g/mol. The first-order valence-corrected chi connectivity index (χ1v) is 6.07. The van der Waals surface area contributed by atoms with Gasteiger partial charge in [-0.15, -0.1) is 0 Å². The molecule has 2 rings (SSSR count). The molecule has 0 fully saturated rings. The van der Waals surface area contributed by atoms with Crippen LogP contribution in [0.4, 0.5) is 0 Å². The fourth-order valence-electron chi connectivity index (χ4n) is 1.53. The summed E-state index contributed by atoms with van der Waals surface area (Å²) in [7, 11) is 0. The minimum atomic E-state index is -0.258. The second kappa shape index (κ2) is 5.68. The van der Waals surface area contributed by atoms with Gasteiger partial charge in [-0.1, -0.05) is 11.6 Å². The van der Waals surface area contributed by atoms with E-state index >= 15 is 0 Å². The zero-order chi connectivity index (χ0) is 13.0. The van der Waals surface area contributed by atoms with Crippen LogP contribution in [0, 0.1) is 0 Å². The second-order valence-corrected chi connectivity index (χ2v) is 4.17. The van der Waals surface area contributed by atoms with Crippen LogP contribution in [0.25, 0.3) is 0 Å². The maximum Gasteiger partial charge on any atom is 0.273 e. The van der Waals surface area contributed by atoms with Crippen molar-refractivity contribution < 1.29 is 4.79 Å². The van der Waals surface area contributed by atoms with E-state index in [2.05, 4.69) is 20.4 Å². The largest absolute Gasteiger partial charge is 0.350 e. The summed E-state index contributed by atoms with van der Waals surface area (Å²) in [4.78, 5) is 18.7. The lowest BCUT2D eigenvalue weighted by atomic mass is 10.3. The lowest BCUT2D eigenvalue weighted by Crippen LogP contribution is -2.26. The maximum atomic E-state index is 11.8. The highest BCUT2D eigenvalue weighted by Gasteiger charge is 2.14. The van der Waals surface area contributed by atoms with Crippen LogP contribution in [0.3, 0.4) is 0 Å². The third-order valence-electron chi connectivity index (χ3n) is 2.49. The zero-order valence-electron chi connectivity index (χ0n) is 9.98. The molecule has 2 heterocycles. The van der Waals surface area contributed by atoms with Gasteiger partial charge in [0.25, 0.3) is 5.91 Å². The Morgan fingerprint density at radius 3 is 3.06 bits per heavy atom. The van der Waals surface area contributed by atoms with Gasteiger partial charge in [0, 0.05) is 37.6 Å². The number of aromatic nitrogens is 4. The fourth-order valence-corrected chi connectivity index (χ4v) is 1.77. The molecule has 0 aromatic carbocycles. The van der Waals surface area contributed by atoms with Crippen LogP contribution in [-0.4, -0.2) is 32.2 Å².